The predicted octanol–water partition coefficient (Wildman–Crippen LogP) is 0.932. The molecule has 0 radical (unpaired) electrons. The van der Waals surface area contributed by atoms with Gasteiger partial charge in [-0.1, -0.05) is 12.8 Å². The number of aliphatic imine (C=N–C) groups is 1. The van der Waals surface area contributed by atoms with Crippen LogP contribution in [0.3, 0.4) is 0 Å². The Morgan fingerprint density at radius 3 is 2.33 bits per heavy atom. The fourth-order valence-corrected chi connectivity index (χ4v) is 3.32. The molecule has 0 spiro atoms. The molecule has 6 N–H and O–H groups in total. The number of ether oxygens (including phenoxy) is 2. The zero-order valence-corrected chi connectivity index (χ0v) is 17.1. The Hall–Kier alpha value is -3.63. The minimum atomic E-state index is -0.774. The van der Waals surface area contributed by atoms with Gasteiger partial charge >= 0.3 is 5.91 Å². The largest absolute Gasteiger partial charge is 0.481 e. The first kappa shape index (κ1) is 21.1. The Morgan fingerprint density at radius 2 is 1.73 bits per heavy atom. The molecule has 1 aliphatic rings. The predicted molar refractivity (Wildman–Crippen MR) is 114 cm³/mol. The van der Waals surface area contributed by atoms with Gasteiger partial charge in [0, 0.05) is 19.2 Å². The molecule has 0 aliphatic carbocycles. The van der Waals surface area contributed by atoms with E-state index >= 15 is 0 Å². The second-order valence-electron chi connectivity index (χ2n) is 6.78. The summed E-state index contributed by atoms with van der Waals surface area (Å²) in [5.74, 6) is 0.0124. The third-order valence-electron chi connectivity index (χ3n) is 4.74. The van der Waals surface area contributed by atoms with Gasteiger partial charge in [-0.15, -0.1) is 0 Å². The number of anilines is 2. The number of nitrogens with two attached hydrogens (primary N) is 3. The van der Waals surface area contributed by atoms with Crippen LogP contribution in [0.25, 0.3) is 11.3 Å². The van der Waals surface area contributed by atoms with E-state index in [0.29, 0.717) is 23.0 Å². The van der Waals surface area contributed by atoms with Gasteiger partial charge in [-0.3, -0.25) is 4.79 Å². The van der Waals surface area contributed by atoms with E-state index in [2.05, 4.69) is 24.8 Å². The van der Waals surface area contributed by atoms with Crippen LogP contribution in [0.4, 0.5) is 11.6 Å². The molecule has 160 valence electrons. The third-order valence-corrected chi connectivity index (χ3v) is 4.74. The lowest BCUT2D eigenvalue weighted by molar-refractivity contribution is 0.0998. The maximum Gasteiger partial charge on any atom is 0.302 e. The Labute approximate surface area is 174 Å². The van der Waals surface area contributed by atoms with E-state index in [1.54, 1.807) is 12.1 Å². The second-order valence-corrected chi connectivity index (χ2v) is 6.78. The standard InChI is InChI=1S/C19H26N8O3/c1-29-12-8-7-11(18(23-12)30-2)13-16(27-9-5-3-4-6-10-27)25-15(20)14(24-13)17(28)26-19(21)22/h7-8H,3-6,9-10H2,1-2H3,(H2,20,25)(H4,21,22,26,28). The average molecular weight is 414 g/mol. The SMILES string of the molecule is COc1ccc(-c2nc(C(=O)N=C(N)N)c(N)nc2N2CCCCCC2)c(OC)n1. The van der Waals surface area contributed by atoms with Crippen molar-refractivity contribution in [1.29, 1.82) is 0 Å². The molecule has 0 saturated carbocycles. The maximum atomic E-state index is 12.4. The minimum Gasteiger partial charge on any atom is -0.481 e. The third kappa shape index (κ3) is 4.50. The molecule has 0 bridgehead atoms. The van der Waals surface area contributed by atoms with Crippen molar-refractivity contribution in [3.05, 3.63) is 17.8 Å². The first-order valence-electron chi connectivity index (χ1n) is 9.60. The number of methoxy groups -OCH3 is 2. The summed E-state index contributed by atoms with van der Waals surface area (Å²) in [6.07, 6.45) is 4.33. The first-order valence-corrected chi connectivity index (χ1v) is 9.60. The highest BCUT2D eigenvalue weighted by atomic mass is 16.5. The molecule has 2 aromatic heterocycles. The highest BCUT2D eigenvalue weighted by molar-refractivity contribution is 6.04. The molecule has 1 aliphatic heterocycles. The molecule has 11 heteroatoms. The lowest BCUT2D eigenvalue weighted by atomic mass is 10.1. The number of rotatable bonds is 5. The Balaban J connectivity index is 2.21. The number of carbonyl (C=O) groups excluding carboxylic acids is 1. The fraction of sp³-hybridized carbons (Fsp3) is 0.421. The number of hydrogen-bond donors (Lipinski definition) is 3. The van der Waals surface area contributed by atoms with Crippen LogP contribution in [0.15, 0.2) is 17.1 Å². The molecule has 0 unspecified atom stereocenters. The molecule has 1 saturated heterocycles. The number of amides is 1. The molecule has 11 nitrogen and oxygen atoms in total. The number of nitrogens with zero attached hydrogens (tertiary/aromatic N) is 5. The molecular formula is C19H26N8O3. The summed E-state index contributed by atoms with van der Waals surface area (Å²) in [5, 5.41) is 0. The highest BCUT2D eigenvalue weighted by Gasteiger charge is 2.25. The molecule has 1 fully saturated rings. The first-order chi connectivity index (χ1) is 14.4. The van der Waals surface area contributed by atoms with Crippen molar-refractivity contribution >= 4 is 23.5 Å². The van der Waals surface area contributed by atoms with Crippen LogP contribution in [0.1, 0.15) is 36.2 Å². The summed E-state index contributed by atoms with van der Waals surface area (Å²) in [4.78, 5) is 31.4. The molecule has 0 aromatic carbocycles. The van der Waals surface area contributed by atoms with Crippen LogP contribution in [-0.4, -0.2) is 54.1 Å². The second kappa shape index (κ2) is 9.25. The molecule has 30 heavy (non-hydrogen) atoms. The van der Waals surface area contributed by atoms with E-state index in [1.165, 1.54) is 14.2 Å². The van der Waals surface area contributed by atoms with Gasteiger partial charge in [-0.2, -0.15) is 9.98 Å². The van der Waals surface area contributed by atoms with Crippen molar-refractivity contribution in [3.8, 4) is 23.0 Å². The molecule has 0 atom stereocenters. The number of guanidine groups is 1. The van der Waals surface area contributed by atoms with Gasteiger partial charge in [0.05, 0.1) is 19.8 Å². The van der Waals surface area contributed by atoms with Crippen LogP contribution in [-0.2, 0) is 0 Å². The Kier molecular flexibility index (Phi) is 6.50. The minimum absolute atomic E-state index is 0.0477. The Bertz CT molecular complexity index is 951. The van der Waals surface area contributed by atoms with Gasteiger partial charge in [-0.05, 0) is 18.9 Å². The summed E-state index contributed by atoms with van der Waals surface area (Å²) in [7, 11) is 3.01. The summed E-state index contributed by atoms with van der Waals surface area (Å²) in [5.41, 5.74) is 17.6. The van der Waals surface area contributed by atoms with E-state index in [9.17, 15) is 4.79 Å². The van der Waals surface area contributed by atoms with Crippen LogP contribution in [0.2, 0.25) is 0 Å². The monoisotopic (exact) mass is 414 g/mol. The highest BCUT2D eigenvalue weighted by Crippen LogP contribution is 2.36. The maximum absolute atomic E-state index is 12.4. The van der Waals surface area contributed by atoms with Crippen molar-refractivity contribution < 1.29 is 14.3 Å². The Morgan fingerprint density at radius 1 is 1.03 bits per heavy atom. The number of hydrogen-bond acceptors (Lipinski definition) is 8. The number of carbonyl (C=O) groups is 1. The number of nitrogen functional groups attached to an aromatic ring is 1. The number of aromatic nitrogens is 3. The van der Waals surface area contributed by atoms with Crippen molar-refractivity contribution in [2.75, 3.05) is 37.9 Å². The van der Waals surface area contributed by atoms with Crippen LogP contribution in [0, 0.1) is 0 Å². The van der Waals surface area contributed by atoms with E-state index in [0.717, 1.165) is 38.8 Å². The number of pyridine rings is 1. The van der Waals surface area contributed by atoms with Gasteiger partial charge in [0.2, 0.25) is 11.8 Å². The summed E-state index contributed by atoms with van der Waals surface area (Å²) < 4.78 is 10.6. The fourth-order valence-electron chi connectivity index (χ4n) is 3.32. The topological polar surface area (TPSA) is 168 Å². The summed E-state index contributed by atoms with van der Waals surface area (Å²) in [6, 6.07) is 3.43. The van der Waals surface area contributed by atoms with Crippen molar-refractivity contribution in [1.82, 2.24) is 15.0 Å². The molecule has 1 amide bonds. The van der Waals surface area contributed by atoms with Gasteiger partial charge in [0.25, 0.3) is 0 Å². The van der Waals surface area contributed by atoms with Gasteiger partial charge in [0.1, 0.15) is 5.69 Å². The van der Waals surface area contributed by atoms with E-state index < -0.39 is 5.91 Å². The molecule has 3 heterocycles. The zero-order chi connectivity index (χ0) is 21.7. The molecular weight excluding hydrogens is 388 g/mol. The lowest BCUT2D eigenvalue weighted by Crippen LogP contribution is -2.28. The van der Waals surface area contributed by atoms with Crippen LogP contribution >= 0.6 is 0 Å². The van der Waals surface area contributed by atoms with Crippen molar-refractivity contribution in [2.45, 2.75) is 25.7 Å². The van der Waals surface area contributed by atoms with Gasteiger partial charge in [0.15, 0.2) is 23.3 Å². The van der Waals surface area contributed by atoms with Gasteiger partial charge in [-0.25, -0.2) is 9.97 Å². The molecule has 3 rings (SSSR count). The van der Waals surface area contributed by atoms with Gasteiger partial charge < -0.3 is 31.6 Å². The summed E-state index contributed by atoms with van der Waals surface area (Å²) in [6.45, 7) is 1.60. The van der Waals surface area contributed by atoms with Crippen LogP contribution in [0.5, 0.6) is 11.8 Å². The smallest absolute Gasteiger partial charge is 0.302 e. The van der Waals surface area contributed by atoms with Crippen molar-refractivity contribution in [3.63, 3.8) is 0 Å². The summed E-state index contributed by atoms with van der Waals surface area (Å²) >= 11 is 0. The zero-order valence-electron chi connectivity index (χ0n) is 17.1. The molecule has 2 aromatic rings. The van der Waals surface area contributed by atoms with E-state index in [-0.39, 0.29) is 23.4 Å². The average Bonchev–Trinajstić information content (AvgIpc) is 3.02. The normalized spacial score (nSPS) is 14.0. The quantitative estimate of drug-likeness (QED) is 0.473. The van der Waals surface area contributed by atoms with E-state index in [1.807, 2.05) is 0 Å². The van der Waals surface area contributed by atoms with E-state index in [4.69, 9.17) is 26.7 Å². The van der Waals surface area contributed by atoms with Crippen molar-refractivity contribution in [2.24, 2.45) is 16.5 Å². The van der Waals surface area contributed by atoms with Crippen LogP contribution < -0.4 is 31.6 Å². The lowest BCUT2D eigenvalue weighted by Gasteiger charge is -2.24.